The van der Waals surface area contributed by atoms with E-state index >= 15 is 0 Å². The first-order valence-corrected chi connectivity index (χ1v) is 15.1. The molecule has 0 radical (unpaired) electrons. The Morgan fingerprint density at radius 3 is 2.40 bits per heavy atom. The van der Waals surface area contributed by atoms with E-state index < -0.39 is 58.3 Å². The molecule has 3 aromatic rings. The van der Waals surface area contributed by atoms with Crippen LogP contribution < -0.4 is 10.0 Å². The van der Waals surface area contributed by atoms with Gasteiger partial charge in [-0.15, -0.1) is 0 Å². The fourth-order valence-corrected chi connectivity index (χ4v) is 6.64. The summed E-state index contributed by atoms with van der Waals surface area (Å²) >= 11 is 0. The molecule has 0 saturated heterocycles. The number of aliphatic carboxylic acids is 1. The lowest BCUT2D eigenvalue weighted by atomic mass is 9.85. The Morgan fingerprint density at radius 1 is 1.05 bits per heavy atom. The molecule has 1 heterocycles. The van der Waals surface area contributed by atoms with Crippen molar-refractivity contribution in [3.63, 3.8) is 0 Å². The second kappa shape index (κ2) is 13.2. The summed E-state index contributed by atoms with van der Waals surface area (Å²) in [4.78, 5) is 43.6. The maximum atomic E-state index is 13.8. The SMILES string of the molecule is CC(C)C(NS(=O)(=O)c1cccc2ccccc12)C1=NOC(Cc2ccccc2)(C(=O)N[C@@H](CC(=O)O)C(=O)CN=N)C1. The monoisotopic (exact) mass is 607 g/mol. The second-order valence-electron chi connectivity index (χ2n) is 10.7. The first-order valence-electron chi connectivity index (χ1n) is 13.6. The number of carboxylic acid groups (broad SMARTS) is 1. The van der Waals surface area contributed by atoms with Crippen LogP contribution in [0.3, 0.4) is 0 Å². The molecule has 0 saturated carbocycles. The van der Waals surface area contributed by atoms with E-state index in [2.05, 4.69) is 20.3 Å². The van der Waals surface area contributed by atoms with Crippen LogP contribution in [0.5, 0.6) is 0 Å². The van der Waals surface area contributed by atoms with Gasteiger partial charge < -0.3 is 15.3 Å². The van der Waals surface area contributed by atoms with Crippen molar-refractivity contribution in [2.75, 3.05) is 6.54 Å². The van der Waals surface area contributed by atoms with Gasteiger partial charge in [0.2, 0.25) is 15.6 Å². The summed E-state index contributed by atoms with van der Waals surface area (Å²) in [6.45, 7) is 3.02. The van der Waals surface area contributed by atoms with Crippen molar-refractivity contribution in [1.29, 1.82) is 5.53 Å². The molecule has 12 nitrogen and oxygen atoms in total. The topological polar surface area (TPSA) is 187 Å². The fraction of sp³-hybridized carbons (Fsp3) is 0.333. The number of nitrogens with one attached hydrogen (secondary N) is 3. The number of benzene rings is 3. The highest BCUT2D eigenvalue weighted by molar-refractivity contribution is 7.89. The molecule has 1 amide bonds. The number of ketones is 1. The smallest absolute Gasteiger partial charge is 0.305 e. The minimum Gasteiger partial charge on any atom is -0.481 e. The summed E-state index contributed by atoms with van der Waals surface area (Å²) in [6, 6.07) is 18.7. The van der Waals surface area contributed by atoms with Gasteiger partial charge in [-0.25, -0.2) is 18.7 Å². The van der Waals surface area contributed by atoms with Crippen molar-refractivity contribution < 1.29 is 32.7 Å². The minimum absolute atomic E-state index is 0.00433. The normalized spacial score (nSPS) is 18.0. The number of amides is 1. The largest absolute Gasteiger partial charge is 0.481 e. The first kappa shape index (κ1) is 31.4. The van der Waals surface area contributed by atoms with Crippen LogP contribution in [-0.2, 0) is 35.7 Å². The van der Waals surface area contributed by atoms with Crippen LogP contribution in [-0.4, -0.2) is 61.1 Å². The van der Waals surface area contributed by atoms with Gasteiger partial charge in [0.1, 0.15) is 12.6 Å². The highest BCUT2D eigenvalue weighted by Crippen LogP contribution is 2.32. The number of fused-ring (bicyclic) bond motifs is 1. The van der Waals surface area contributed by atoms with Crippen LogP contribution in [0.1, 0.15) is 32.3 Å². The highest BCUT2D eigenvalue weighted by atomic mass is 32.2. The predicted molar refractivity (Wildman–Crippen MR) is 158 cm³/mol. The van der Waals surface area contributed by atoms with Crippen LogP contribution >= 0.6 is 0 Å². The summed E-state index contributed by atoms with van der Waals surface area (Å²) in [7, 11) is -4.06. The summed E-state index contributed by atoms with van der Waals surface area (Å²) < 4.78 is 30.1. The van der Waals surface area contributed by atoms with Crippen molar-refractivity contribution in [2.24, 2.45) is 16.2 Å². The third kappa shape index (κ3) is 7.30. The Labute approximate surface area is 249 Å². The molecule has 43 heavy (non-hydrogen) atoms. The molecule has 0 aromatic heterocycles. The average Bonchev–Trinajstić information content (AvgIpc) is 3.40. The number of carbonyl (C=O) groups excluding carboxylic acids is 2. The molecule has 1 aliphatic heterocycles. The quantitative estimate of drug-likeness (QED) is 0.202. The summed E-state index contributed by atoms with van der Waals surface area (Å²) in [5.74, 6) is -3.17. The molecule has 2 unspecified atom stereocenters. The second-order valence-corrected chi connectivity index (χ2v) is 12.4. The van der Waals surface area contributed by atoms with Crippen LogP contribution in [0.15, 0.2) is 88.0 Å². The predicted octanol–water partition coefficient (Wildman–Crippen LogP) is 3.46. The van der Waals surface area contributed by atoms with E-state index in [9.17, 15) is 27.9 Å². The van der Waals surface area contributed by atoms with Crippen LogP contribution in [0, 0.1) is 11.4 Å². The van der Waals surface area contributed by atoms with Crippen molar-refractivity contribution in [2.45, 2.75) is 55.7 Å². The van der Waals surface area contributed by atoms with Crippen LogP contribution in [0.25, 0.3) is 10.8 Å². The lowest BCUT2D eigenvalue weighted by molar-refractivity contribution is -0.147. The zero-order valence-corrected chi connectivity index (χ0v) is 24.5. The number of nitrogens with zero attached hydrogens (tertiary/aromatic N) is 2. The molecule has 1 aliphatic rings. The molecule has 4 rings (SSSR count). The van der Waals surface area contributed by atoms with Gasteiger partial charge in [0, 0.05) is 18.2 Å². The fourth-order valence-electron chi connectivity index (χ4n) is 5.04. The number of sulfonamides is 1. The summed E-state index contributed by atoms with van der Waals surface area (Å²) in [5.41, 5.74) is 6.25. The molecule has 0 spiro atoms. The number of oxime groups is 1. The van der Waals surface area contributed by atoms with E-state index in [0.29, 0.717) is 10.9 Å². The van der Waals surface area contributed by atoms with E-state index in [0.717, 1.165) is 5.39 Å². The van der Waals surface area contributed by atoms with Gasteiger partial charge in [0.25, 0.3) is 5.91 Å². The van der Waals surface area contributed by atoms with Gasteiger partial charge in [-0.05, 0) is 22.9 Å². The molecular formula is C30H33N5O7S. The molecule has 4 N–H and O–H groups in total. The van der Waals surface area contributed by atoms with Gasteiger partial charge in [-0.1, -0.05) is 85.7 Å². The molecule has 0 aliphatic carbocycles. The van der Waals surface area contributed by atoms with Gasteiger partial charge >= 0.3 is 5.97 Å². The van der Waals surface area contributed by atoms with Crippen molar-refractivity contribution >= 4 is 44.2 Å². The molecule has 3 aromatic carbocycles. The van der Waals surface area contributed by atoms with Crippen LogP contribution in [0.2, 0.25) is 0 Å². The van der Waals surface area contributed by atoms with Gasteiger partial charge in [-0.2, -0.15) is 5.11 Å². The number of hydrogen-bond acceptors (Lipinski definition) is 9. The lowest BCUT2D eigenvalue weighted by Gasteiger charge is -2.28. The number of Topliss-reactive ketones (excluding diaryl/α,β-unsaturated/α-hetero) is 1. The van der Waals surface area contributed by atoms with Gasteiger partial charge in [0.05, 0.1) is 23.1 Å². The number of hydrogen-bond donors (Lipinski definition) is 4. The maximum Gasteiger partial charge on any atom is 0.305 e. The summed E-state index contributed by atoms with van der Waals surface area (Å²) in [6.07, 6.45) is -0.843. The average molecular weight is 608 g/mol. The third-order valence-corrected chi connectivity index (χ3v) is 8.70. The van der Waals surface area contributed by atoms with E-state index in [1.807, 2.05) is 32.0 Å². The summed E-state index contributed by atoms with van der Waals surface area (Å²) in [5, 5.41) is 20.3. The van der Waals surface area contributed by atoms with E-state index in [1.165, 1.54) is 6.07 Å². The Bertz CT molecular complexity index is 1650. The van der Waals surface area contributed by atoms with E-state index in [4.69, 9.17) is 10.4 Å². The molecule has 3 atom stereocenters. The first-order chi connectivity index (χ1) is 20.5. The Balaban J connectivity index is 1.65. The maximum absolute atomic E-state index is 13.8. The van der Waals surface area contributed by atoms with Crippen molar-refractivity contribution in [3.8, 4) is 0 Å². The Hall–Kier alpha value is -4.49. The number of carboxylic acids is 1. The van der Waals surface area contributed by atoms with Crippen LogP contribution in [0.4, 0.5) is 0 Å². The number of rotatable bonds is 14. The standard InChI is InChI=1S/C30H33N5O7S/c1-19(2)28(35-43(40,41)26-14-8-12-21-11-6-7-13-22(21)26)24-17-30(42-34-24,16-20-9-4-3-5-10-20)29(39)33-23(15-27(37)38)25(36)18-32-31/h3-14,19,23,28,31,35H,15-18H2,1-2H3,(H,33,39)(H,37,38)/t23-,28?,30?/m0/s1. The third-order valence-electron chi connectivity index (χ3n) is 7.21. The Kier molecular flexibility index (Phi) is 9.66. The van der Waals surface area contributed by atoms with Crippen molar-refractivity contribution in [1.82, 2.24) is 10.0 Å². The molecule has 13 heteroatoms. The number of carbonyl (C=O) groups is 3. The van der Waals surface area contributed by atoms with Gasteiger partial charge in [0.15, 0.2) is 5.78 Å². The lowest BCUT2D eigenvalue weighted by Crippen LogP contribution is -2.55. The zero-order chi connectivity index (χ0) is 31.2. The highest BCUT2D eigenvalue weighted by Gasteiger charge is 2.50. The molecule has 226 valence electrons. The van der Waals surface area contributed by atoms with Crippen molar-refractivity contribution in [3.05, 3.63) is 78.4 Å². The Morgan fingerprint density at radius 2 is 1.72 bits per heavy atom. The molecular weight excluding hydrogens is 574 g/mol. The van der Waals surface area contributed by atoms with E-state index in [-0.39, 0.29) is 29.4 Å². The minimum atomic E-state index is -4.06. The zero-order valence-electron chi connectivity index (χ0n) is 23.7. The van der Waals surface area contributed by atoms with E-state index in [1.54, 1.807) is 48.5 Å². The molecule has 0 fully saturated rings. The van der Waals surface area contributed by atoms with Gasteiger partial charge in [-0.3, -0.25) is 14.4 Å². The molecule has 0 bridgehead atoms.